The molecule has 0 aliphatic rings. The number of nitrogens with zero attached hydrogens (tertiary/aromatic N) is 2. The minimum Gasteiger partial charge on any atom is -0.383 e. The van der Waals surface area contributed by atoms with Crippen molar-refractivity contribution in [2.45, 2.75) is 6.92 Å². The van der Waals surface area contributed by atoms with E-state index in [4.69, 9.17) is 5.73 Å². The van der Waals surface area contributed by atoms with Gasteiger partial charge in [0.1, 0.15) is 5.84 Å². The number of rotatable bonds is 6. The third-order valence-corrected chi connectivity index (χ3v) is 3.50. The molecule has 0 saturated carbocycles. The minimum atomic E-state index is 0.445. The predicted octanol–water partition coefficient (Wildman–Crippen LogP) is 4.53. The number of hydrogen-bond acceptors (Lipinski definition) is 1. The standard InChI is InChI=1S/C22H23N3/c1-3-5-12-18(4-2)17-24-22(20-15-10-7-11-16-20)25-21(23)19-13-8-6-9-14-19/h3-16H,2,17H2,1H3,(H2,23,24,25)/b5-3-,18-12+. The molecule has 0 aliphatic carbocycles. The van der Waals surface area contributed by atoms with Gasteiger partial charge in [-0.1, -0.05) is 91.5 Å². The molecule has 0 heterocycles. The molecule has 0 atom stereocenters. The van der Waals surface area contributed by atoms with Gasteiger partial charge in [0.05, 0.1) is 6.54 Å². The average molecular weight is 329 g/mol. The van der Waals surface area contributed by atoms with E-state index in [1.165, 1.54) is 0 Å². The molecule has 0 fully saturated rings. The van der Waals surface area contributed by atoms with E-state index >= 15 is 0 Å². The fourth-order valence-electron chi connectivity index (χ4n) is 2.14. The zero-order valence-corrected chi connectivity index (χ0v) is 14.5. The summed E-state index contributed by atoms with van der Waals surface area (Å²) in [5.74, 6) is 1.05. The van der Waals surface area contributed by atoms with Gasteiger partial charge in [-0.15, -0.1) is 0 Å². The molecule has 0 spiro atoms. The maximum atomic E-state index is 6.18. The fraction of sp³-hybridized carbons (Fsp3) is 0.0909. The number of hydrogen-bond donors (Lipinski definition) is 1. The fourth-order valence-corrected chi connectivity index (χ4v) is 2.14. The van der Waals surface area contributed by atoms with Crippen LogP contribution in [0, 0.1) is 0 Å². The molecule has 0 amide bonds. The first-order chi connectivity index (χ1) is 12.2. The zero-order valence-electron chi connectivity index (χ0n) is 14.5. The maximum Gasteiger partial charge on any atom is 0.157 e. The van der Waals surface area contributed by atoms with Crippen LogP contribution in [0.4, 0.5) is 0 Å². The molecule has 2 N–H and O–H groups in total. The van der Waals surface area contributed by atoms with Crippen LogP contribution in [0.25, 0.3) is 0 Å². The lowest BCUT2D eigenvalue weighted by molar-refractivity contribution is 1.17. The first kappa shape index (κ1) is 18.1. The van der Waals surface area contributed by atoms with Crippen LogP contribution >= 0.6 is 0 Å². The van der Waals surface area contributed by atoms with E-state index < -0.39 is 0 Å². The van der Waals surface area contributed by atoms with Gasteiger partial charge in [0, 0.05) is 11.1 Å². The number of nitrogens with two attached hydrogens (primary N) is 1. The summed E-state index contributed by atoms with van der Waals surface area (Å²) in [7, 11) is 0. The molecule has 0 aliphatic heterocycles. The smallest absolute Gasteiger partial charge is 0.157 e. The second-order valence-corrected chi connectivity index (χ2v) is 5.34. The molecule has 2 rings (SSSR count). The number of aliphatic imine (C=N–C) groups is 2. The van der Waals surface area contributed by atoms with Gasteiger partial charge in [0.25, 0.3) is 0 Å². The van der Waals surface area contributed by atoms with E-state index in [0.717, 1.165) is 16.7 Å². The predicted molar refractivity (Wildman–Crippen MR) is 108 cm³/mol. The minimum absolute atomic E-state index is 0.445. The molecule has 25 heavy (non-hydrogen) atoms. The molecular weight excluding hydrogens is 306 g/mol. The Kier molecular flexibility index (Phi) is 7.13. The summed E-state index contributed by atoms with van der Waals surface area (Å²) in [5, 5.41) is 0. The Hall–Kier alpha value is -3.20. The Morgan fingerprint density at radius 2 is 1.60 bits per heavy atom. The number of amidine groups is 2. The van der Waals surface area contributed by atoms with Gasteiger partial charge in [0.2, 0.25) is 0 Å². The van der Waals surface area contributed by atoms with Gasteiger partial charge >= 0.3 is 0 Å². The summed E-state index contributed by atoms with van der Waals surface area (Å²) in [6.07, 6.45) is 7.73. The van der Waals surface area contributed by atoms with Crippen molar-refractivity contribution in [3.63, 3.8) is 0 Å². The van der Waals surface area contributed by atoms with Crippen LogP contribution in [0.2, 0.25) is 0 Å². The van der Waals surface area contributed by atoms with Crippen molar-refractivity contribution in [2.24, 2.45) is 15.7 Å². The molecule has 126 valence electrons. The largest absolute Gasteiger partial charge is 0.383 e. The summed E-state index contributed by atoms with van der Waals surface area (Å²) in [6, 6.07) is 19.5. The van der Waals surface area contributed by atoms with Gasteiger partial charge in [-0.05, 0) is 12.5 Å². The molecule has 0 radical (unpaired) electrons. The van der Waals surface area contributed by atoms with Crippen LogP contribution in [-0.4, -0.2) is 18.2 Å². The molecule has 2 aromatic carbocycles. The summed E-state index contributed by atoms with van der Waals surface area (Å²) in [4.78, 5) is 9.23. The average Bonchev–Trinajstić information content (AvgIpc) is 2.68. The summed E-state index contributed by atoms with van der Waals surface area (Å²) < 4.78 is 0. The normalized spacial score (nSPS) is 13.2. The topological polar surface area (TPSA) is 50.7 Å². The highest BCUT2D eigenvalue weighted by Gasteiger charge is 2.04. The van der Waals surface area contributed by atoms with Crippen molar-refractivity contribution < 1.29 is 0 Å². The van der Waals surface area contributed by atoms with Crippen molar-refractivity contribution in [3.05, 3.63) is 108 Å². The van der Waals surface area contributed by atoms with Gasteiger partial charge in [0.15, 0.2) is 5.84 Å². The van der Waals surface area contributed by atoms with E-state index in [9.17, 15) is 0 Å². The quantitative estimate of drug-likeness (QED) is 0.472. The second kappa shape index (κ2) is 9.83. The Morgan fingerprint density at radius 3 is 2.16 bits per heavy atom. The molecular formula is C22H23N3. The van der Waals surface area contributed by atoms with E-state index in [1.54, 1.807) is 6.08 Å². The van der Waals surface area contributed by atoms with Crippen LogP contribution in [0.15, 0.2) is 107 Å². The lowest BCUT2D eigenvalue weighted by Crippen LogP contribution is -2.16. The Balaban J connectivity index is 2.37. The highest BCUT2D eigenvalue weighted by molar-refractivity contribution is 6.10. The van der Waals surface area contributed by atoms with Gasteiger partial charge in [-0.3, -0.25) is 4.99 Å². The lowest BCUT2D eigenvalue weighted by atomic mass is 10.2. The zero-order chi connectivity index (χ0) is 17.9. The van der Waals surface area contributed by atoms with Crippen LogP contribution in [0.5, 0.6) is 0 Å². The molecule has 0 bridgehead atoms. The molecule has 0 unspecified atom stereocenters. The van der Waals surface area contributed by atoms with E-state index in [2.05, 4.69) is 16.6 Å². The first-order valence-corrected chi connectivity index (χ1v) is 8.18. The first-order valence-electron chi connectivity index (χ1n) is 8.18. The molecule has 3 heteroatoms. The number of benzene rings is 2. The van der Waals surface area contributed by atoms with Crippen LogP contribution in [0.3, 0.4) is 0 Å². The Bertz CT molecular complexity index is 798. The highest BCUT2D eigenvalue weighted by Crippen LogP contribution is 2.07. The van der Waals surface area contributed by atoms with E-state index in [0.29, 0.717) is 18.2 Å². The molecule has 3 nitrogen and oxygen atoms in total. The van der Waals surface area contributed by atoms with Gasteiger partial charge in [-0.2, -0.15) is 0 Å². The Morgan fingerprint density at radius 1 is 1.00 bits per heavy atom. The monoisotopic (exact) mass is 329 g/mol. The maximum absolute atomic E-state index is 6.18. The van der Waals surface area contributed by atoms with E-state index in [1.807, 2.05) is 85.8 Å². The third kappa shape index (κ3) is 5.74. The highest BCUT2D eigenvalue weighted by atomic mass is 15.0. The van der Waals surface area contributed by atoms with Gasteiger partial charge in [-0.25, -0.2) is 4.99 Å². The SMILES string of the molecule is C=C/C(=C\C=C/C)C/N=C(\N=C(/N)c1ccccc1)c1ccccc1. The molecule has 0 saturated heterocycles. The van der Waals surface area contributed by atoms with E-state index in [-0.39, 0.29) is 0 Å². The van der Waals surface area contributed by atoms with Crippen LogP contribution in [0.1, 0.15) is 18.1 Å². The van der Waals surface area contributed by atoms with Crippen molar-refractivity contribution >= 4 is 11.7 Å². The van der Waals surface area contributed by atoms with Crippen molar-refractivity contribution in [1.82, 2.24) is 0 Å². The second-order valence-electron chi connectivity index (χ2n) is 5.34. The summed E-state index contributed by atoms with van der Waals surface area (Å²) in [5.41, 5.74) is 8.99. The van der Waals surface area contributed by atoms with Crippen LogP contribution < -0.4 is 5.73 Å². The molecule has 2 aromatic rings. The van der Waals surface area contributed by atoms with Crippen molar-refractivity contribution in [3.8, 4) is 0 Å². The third-order valence-electron chi connectivity index (χ3n) is 3.50. The van der Waals surface area contributed by atoms with Crippen molar-refractivity contribution in [1.29, 1.82) is 0 Å². The summed E-state index contributed by atoms with van der Waals surface area (Å²) >= 11 is 0. The van der Waals surface area contributed by atoms with Crippen LogP contribution in [-0.2, 0) is 0 Å². The number of allylic oxidation sites excluding steroid dienone is 3. The lowest BCUT2D eigenvalue weighted by Gasteiger charge is -2.05. The Labute approximate surface area is 149 Å². The van der Waals surface area contributed by atoms with Gasteiger partial charge < -0.3 is 5.73 Å². The summed E-state index contributed by atoms with van der Waals surface area (Å²) in [6.45, 7) is 6.30. The molecule has 0 aromatic heterocycles. The van der Waals surface area contributed by atoms with Crippen molar-refractivity contribution in [2.75, 3.05) is 6.54 Å².